The third-order valence-electron chi connectivity index (χ3n) is 4.15. The van der Waals surface area contributed by atoms with Gasteiger partial charge < -0.3 is 5.32 Å². The van der Waals surface area contributed by atoms with Crippen molar-refractivity contribution in [3.05, 3.63) is 54.6 Å². The molecule has 0 aliphatic rings. The van der Waals surface area contributed by atoms with Crippen molar-refractivity contribution >= 4 is 5.91 Å². The molecule has 0 radical (unpaired) electrons. The topological polar surface area (TPSA) is 37.9 Å². The smallest absolute Gasteiger partial charge is 0.265 e. The molecule has 0 aliphatic carbocycles. The number of rotatable bonds is 9. The zero-order valence-corrected chi connectivity index (χ0v) is 15.1. The van der Waals surface area contributed by atoms with Gasteiger partial charge in [0.2, 0.25) is 6.33 Å². The largest absolute Gasteiger partial charge is 0.348 e. The zero-order valence-electron chi connectivity index (χ0n) is 15.1. The summed E-state index contributed by atoms with van der Waals surface area (Å²) in [6, 6.07) is 9.89. The molecular formula is C20H30N3O+. The summed E-state index contributed by atoms with van der Waals surface area (Å²) in [5.41, 5.74) is 1.12. The summed E-state index contributed by atoms with van der Waals surface area (Å²) in [5, 5.41) is 3.09. The van der Waals surface area contributed by atoms with Crippen molar-refractivity contribution in [2.24, 2.45) is 5.92 Å². The quantitative estimate of drug-likeness (QED) is 0.703. The molecule has 2 rings (SSSR count). The predicted molar refractivity (Wildman–Crippen MR) is 96.3 cm³/mol. The van der Waals surface area contributed by atoms with Gasteiger partial charge in [-0.15, -0.1) is 0 Å². The van der Waals surface area contributed by atoms with E-state index < -0.39 is 0 Å². The number of hydrogen-bond acceptors (Lipinski definition) is 1. The minimum absolute atomic E-state index is 0.0887. The third-order valence-corrected chi connectivity index (χ3v) is 4.15. The van der Waals surface area contributed by atoms with E-state index in [0.717, 1.165) is 24.9 Å². The molecule has 0 spiro atoms. The standard InChI is InChI=1S/C20H29N3O/c1-4-5-11-22-12-13-23(16-22)19(14-17(2)3)20(24)21-15-18-9-7-6-8-10-18/h6-10,12-13,16-17,19H,4-5,11,14-15H2,1-3H3/p+1/t19-/m0/s1. The molecule has 2 aromatic rings. The number of carbonyl (C=O) groups excluding carboxylic acids is 1. The normalized spacial score (nSPS) is 12.3. The number of aromatic nitrogens is 2. The van der Waals surface area contributed by atoms with Gasteiger partial charge in [-0.2, -0.15) is 0 Å². The fourth-order valence-electron chi connectivity index (χ4n) is 2.78. The molecular weight excluding hydrogens is 298 g/mol. The van der Waals surface area contributed by atoms with Crippen LogP contribution in [0.2, 0.25) is 0 Å². The minimum Gasteiger partial charge on any atom is -0.348 e. The maximum atomic E-state index is 12.7. The Morgan fingerprint density at radius 3 is 2.67 bits per heavy atom. The van der Waals surface area contributed by atoms with Gasteiger partial charge in [0.05, 0.1) is 6.54 Å². The summed E-state index contributed by atoms with van der Waals surface area (Å²) in [5.74, 6) is 0.551. The van der Waals surface area contributed by atoms with Gasteiger partial charge in [-0.05, 0) is 24.3 Å². The zero-order chi connectivity index (χ0) is 17.4. The van der Waals surface area contributed by atoms with Crippen LogP contribution in [0.5, 0.6) is 0 Å². The predicted octanol–water partition coefficient (Wildman–Crippen LogP) is 3.48. The highest BCUT2D eigenvalue weighted by atomic mass is 16.2. The molecule has 0 bridgehead atoms. The number of aryl methyl sites for hydroxylation is 1. The molecule has 0 aliphatic heterocycles. The van der Waals surface area contributed by atoms with Gasteiger partial charge in [0.25, 0.3) is 5.91 Å². The first kappa shape index (κ1) is 18.2. The van der Waals surface area contributed by atoms with Crippen molar-refractivity contribution in [3.8, 4) is 0 Å². The number of amides is 1. The van der Waals surface area contributed by atoms with Crippen molar-refractivity contribution < 1.29 is 9.36 Å². The Bertz CT molecular complexity index is 619. The molecule has 1 aromatic heterocycles. The summed E-state index contributed by atoms with van der Waals surface area (Å²) in [4.78, 5) is 12.7. The number of nitrogens with zero attached hydrogens (tertiary/aromatic N) is 2. The fraction of sp³-hybridized carbons (Fsp3) is 0.500. The molecule has 24 heavy (non-hydrogen) atoms. The molecule has 1 amide bonds. The highest BCUT2D eigenvalue weighted by Crippen LogP contribution is 2.17. The Balaban J connectivity index is 2.03. The monoisotopic (exact) mass is 328 g/mol. The Labute approximate surface area is 145 Å². The van der Waals surface area contributed by atoms with E-state index in [1.807, 2.05) is 36.5 Å². The lowest BCUT2D eigenvalue weighted by Gasteiger charge is -2.16. The molecule has 1 N–H and O–H groups in total. The van der Waals surface area contributed by atoms with Crippen molar-refractivity contribution in [2.75, 3.05) is 0 Å². The van der Waals surface area contributed by atoms with Gasteiger partial charge in [-0.25, -0.2) is 9.13 Å². The van der Waals surface area contributed by atoms with Gasteiger partial charge in [-0.1, -0.05) is 57.5 Å². The first-order chi connectivity index (χ1) is 11.6. The SMILES string of the molecule is CCCC[n+]1ccn([C@@H](CC(C)C)C(=O)NCc2ccccc2)c1. The molecule has 1 atom stereocenters. The van der Waals surface area contributed by atoms with E-state index in [9.17, 15) is 4.79 Å². The van der Waals surface area contributed by atoms with Crippen LogP contribution in [0, 0.1) is 5.92 Å². The lowest BCUT2D eigenvalue weighted by molar-refractivity contribution is -0.696. The van der Waals surface area contributed by atoms with E-state index in [0.29, 0.717) is 12.5 Å². The van der Waals surface area contributed by atoms with Crippen molar-refractivity contribution in [1.82, 2.24) is 9.88 Å². The molecule has 0 saturated carbocycles. The van der Waals surface area contributed by atoms with Gasteiger partial charge in [0.1, 0.15) is 12.4 Å². The molecule has 1 aromatic carbocycles. The first-order valence-corrected chi connectivity index (χ1v) is 8.98. The van der Waals surface area contributed by atoms with E-state index >= 15 is 0 Å². The van der Waals surface area contributed by atoms with Crippen LogP contribution in [0.1, 0.15) is 51.6 Å². The number of unbranched alkanes of at least 4 members (excludes halogenated alkanes) is 1. The number of benzene rings is 1. The van der Waals surface area contributed by atoms with Gasteiger partial charge >= 0.3 is 0 Å². The minimum atomic E-state index is -0.156. The average Bonchev–Trinajstić information content (AvgIpc) is 3.05. The van der Waals surface area contributed by atoms with Crippen LogP contribution in [0.4, 0.5) is 0 Å². The second kappa shape index (κ2) is 9.26. The summed E-state index contributed by atoms with van der Waals surface area (Å²) in [7, 11) is 0. The maximum Gasteiger partial charge on any atom is 0.265 e. The molecule has 0 unspecified atom stereocenters. The maximum absolute atomic E-state index is 12.7. The summed E-state index contributed by atoms with van der Waals surface area (Å²) >= 11 is 0. The van der Waals surface area contributed by atoms with Crippen LogP contribution >= 0.6 is 0 Å². The van der Waals surface area contributed by atoms with Crippen LogP contribution in [-0.4, -0.2) is 10.5 Å². The van der Waals surface area contributed by atoms with E-state index in [1.54, 1.807) is 0 Å². The molecule has 4 nitrogen and oxygen atoms in total. The summed E-state index contributed by atoms with van der Waals surface area (Å²) in [6.45, 7) is 8.09. The second-order valence-electron chi connectivity index (χ2n) is 6.80. The Kier molecular flexibility index (Phi) is 7.04. The second-order valence-corrected chi connectivity index (χ2v) is 6.80. The number of hydrogen-bond donors (Lipinski definition) is 1. The van der Waals surface area contributed by atoms with E-state index in [4.69, 9.17) is 0 Å². The molecule has 130 valence electrons. The molecule has 4 heteroatoms. The van der Waals surface area contributed by atoms with Crippen LogP contribution in [0.25, 0.3) is 0 Å². The number of imidazole rings is 1. The Hall–Kier alpha value is -2.10. The van der Waals surface area contributed by atoms with E-state index in [2.05, 4.69) is 47.7 Å². The average molecular weight is 328 g/mol. The first-order valence-electron chi connectivity index (χ1n) is 8.98. The fourth-order valence-corrected chi connectivity index (χ4v) is 2.78. The van der Waals surface area contributed by atoms with E-state index in [1.165, 1.54) is 6.42 Å². The molecule has 0 saturated heterocycles. The summed E-state index contributed by atoms with van der Waals surface area (Å²) in [6.07, 6.45) is 9.31. The van der Waals surface area contributed by atoms with Crippen LogP contribution in [-0.2, 0) is 17.9 Å². The lowest BCUT2D eigenvalue weighted by atomic mass is 10.0. The van der Waals surface area contributed by atoms with Crippen LogP contribution in [0.3, 0.4) is 0 Å². The Morgan fingerprint density at radius 2 is 2.00 bits per heavy atom. The van der Waals surface area contributed by atoms with Gasteiger partial charge in [0, 0.05) is 6.54 Å². The van der Waals surface area contributed by atoms with Crippen molar-refractivity contribution in [3.63, 3.8) is 0 Å². The summed E-state index contributed by atoms with van der Waals surface area (Å²) < 4.78 is 4.22. The van der Waals surface area contributed by atoms with Gasteiger partial charge in [-0.3, -0.25) is 4.79 Å². The van der Waals surface area contributed by atoms with E-state index in [-0.39, 0.29) is 11.9 Å². The Morgan fingerprint density at radius 1 is 1.25 bits per heavy atom. The number of nitrogens with one attached hydrogen (secondary N) is 1. The van der Waals surface area contributed by atoms with Crippen molar-refractivity contribution in [1.29, 1.82) is 0 Å². The van der Waals surface area contributed by atoms with Crippen LogP contribution in [0.15, 0.2) is 49.1 Å². The lowest BCUT2D eigenvalue weighted by Crippen LogP contribution is -2.35. The van der Waals surface area contributed by atoms with Crippen LogP contribution < -0.4 is 9.88 Å². The molecule has 1 heterocycles. The third kappa shape index (κ3) is 5.52. The molecule has 0 fully saturated rings. The van der Waals surface area contributed by atoms with Gasteiger partial charge in [0.15, 0.2) is 6.04 Å². The highest BCUT2D eigenvalue weighted by molar-refractivity contribution is 5.80. The van der Waals surface area contributed by atoms with Crippen molar-refractivity contribution in [2.45, 2.75) is 59.2 Å². The number of carbonyl (C=O) groups is 1. The highest BCUT2D eigenvalue weighted by Gasteiger charge is 2.26.